The van der Waals surface area contributed by atoms with Crippen LogP contribution in [0.2, 0.25) is 0 Å². The van der Waals surface area contributed by atoms with E-state index in [1.54, 1.807) is 18.2 Å². The van der Waals surface area contributed by atoms with Crippen molar-refractivity contribution in [3.63, 3.8) is 0 Å². The van der Waals surface area contributed by atoms with Gasteiger partial charge in [0.2, 0.25) is 0 Å². The number of nitro benzene ring substituents is 1. The number of hydrogen-bond donors (Lipinski definition) is 3. The van der Waals surface area contributed by atoms with Crippen molar-refractivity contribution >= 4 is 49.5 Å². The highest BCUT2D eigenvalue weighted by molar-refractivity contribution is 6.26. The van der Waals surface area contributed by atoms with E-state index < -0.39 is 24.1 Å². The molecule has 1 fully saturated rings. The number of aromatic nitrogens is 2. The Bertz CT molecular complexity index is 1670. The smallest absolute Gasteiger partial charge is 0.351 e. The maximum atomic E-state index is 12.7. The summed E-state index contributed by atoms with van der Waals surface area (Å²) in [5, 5.41) is 39.0. The SMILES string of the molecule is O=c1nc(Nc2ccc3ccc4ccc([N+](=O)[O-])c5ccc2c3c45)ccn1[C@H]1C[C@H](O)[C@@H](CO)O1. The fourth-order valence-corrected chi connectivity index (χ4v) is 4.94. The quantitative estimate of drug-likeness (QED) is 0.201. The molecule has 1 aliphatic rings. The average molecular weight is 472 g/mol. The molecule has 0 bridgehead atoms. The van der Waals surface area contributed by atoms with Crippen LogP contribution < -0.4 is 11.0 Å². The van der Waals surface area contributed by atoms with E-state index in [2.05, 4.69) is 10.3 Å². The minimum atomic E-state index is -0.859. The van der Waals surface area contributed by atoms with E-state index in [1.807, 2.05) is 30.3 Å². The van der Waals surface area contributed by atoms with Gasteiger partial charge in [-0.2, -0.15) is 4.98 Å². The van der Waals surface area contributed by atoms with Gasteiger partial charge in [-0.3, -0.25) is 14.7 Å². The van der Waals surface area contributed by atoms with Crippen molar-refractivity contribution in [3.05, 3.63) is 81.4 Å². The largest absolute Gasteiger partial charge is 0.394 e. The van der Waals surface area contributed by atoms with Crippen LogP contribution in [0, 0.1) is 10.1 Å². The van der Waals surface area contributed by atoms with Crippen LogP contribution in [-0.2, 0) is 4.74 Å². The first-order valence-electron chi connectivity index (χ1n) is 11.1. The number of rotatable bonds is 5. The molecule has 10 heteroatoms. The molecule has 0 amide bonds. The van der Waals surface area contributed by atoms with Crippen molar-refractivity contribution in [2.24, 2.45) is 0 Å². The summed E-state index contributed by atoms with van der Waals surface area (Å²) in [6.07, 6.45) is -0.587. The third-order valence-electron chi connectivity index (χ3n) is 6.63. The monoisotopic (exact) mass is 472 g/mol. The molecule has 6 rings (SSSR count). The molecule has 176 valence electrons. The molecule has 0 saturated carbocycles. The lowest BCUT2D eigenvalue weighted by atomic mass is 9.93. The second-order valence-corrected chi connectivity index (χ2v) is 8.62. The summed E-state index contributed by atoms with van der Waals surface area (Å²) in [6.45, 7) is -0.336. The highest BCUT2D eigenvalue weighted by Gasteiger charge is 2.35. The van der Waals surface area contributed by atoms with Crippen LogP contribution in [0.1, 0.15) is 12.6 Å². The summed E-state index contributed by atoms with van der Waals surface area (Å²) >= 11 is 0. The van der Waals surface area contributed by atoms with E-state index in [0.29, 0.717) is 16.9 Å². The Balaban J connectivity index is 1.41. The fraction of sp³-hybridized carbons (Fsp3) is 0.200. The second kappa shape index (κ2) is 7.98. The van der Waals surface area contributed by atoms with Crippen molar-refractivity contribution < 1.29 is 19.9 Å². The molecule has 0 spiro atoms. The molecular formula is C25H20N4O6. The summed E-state index contributed by atoms with van der Waals surface area (Å²) in [5.41, 5.74) is 0.202. The number of nitrogens with one attached hydrogen (secondary N) is 1. The number of hydrogen-bond acceptors (Lipinski definition) is 8. The first-order valence-corrected chi connectivity index (χ1v) is 11.1. The first-order chi connectivity index (χ1) is 16.9. The first kappa shape index (κ1) is 21.4. The topological polar surface area (TPSA) is 140 Å². The molecule has 1 aliphatic heterocycles. The van der Waals surface area contributed by atoms with Gasteiger partial charge < -0.3 is 20.3 Å². The Labute approximate surface area is 197 Å². The van der Waals surface area contributed by atoms with Gasteiger partial charge in [0.15, 0.2) is 0 Å². The molecule has 5 aromatic rings. The minimum absolute atomic E-state index is 0.0539. The lowest BCUT2D eigenvalue weighted by Crippen LogP contribution is -2.27. The molecule has 0 radical (unpaired) electrons. The average Bonchev–Trinajstić information content (AvgIpc) is 3.23. The maximum absolute atomic E-state index is 12.7. The summed E-state index contributed by atoms with van der Waals surface area (Å²) in [4.78, 5) is 28.0. The number of aliphatic hydroxyl groups is 2. The van der Waals surface area contributed by atoms with Crippen LogP contribution in [0.3, 0.4) is 0 Å². The summed E-state index contributed by atoms with van der Waals surface area (Å²) in [7, 11) is 0. The number of ether oxygens (including phenoxy) is 1. The predicted octanol–water partition coefficient (Wildman–Crippen LogP) is 3.43. The summed E-state index contributed by atoms with van der Waals surface area (Å²) in [6, 6.07) is 16.2. The van der Waals surface area contributed by atoms with Crippen LogP contribution in [0.25, 0.3) is 32.3 Å². The van der Waals surface area contributed by atoms with E-state index in [1.165, 1.54) is 16.8 Å². The standard InChI is InChI=1S/C25H20N4O6/c30-12-20-19(31)11-22(35-20)28-10-9-21(27-25(28)32)26-17-7-3-13-1-2-14-4-8-18(29(33)34)16-6-5-15(17)23(13)24(14)16/h1-10,19-20,22,30-31H,11-12H2,(H,26,27,32)/t19-,20+,22+/m0/s1. The number of anilines is 2. The Morgan fingerprint density at radius 1 is 1.06 bits per heavy atom. The number of benzene rings is 4. The van der Waals surface area contributed by atoms with Gasteiger partial charge in [-0.25, -0.2) is 4.79 Å². The molecule has 2 heterocycles. The summed E-state index contributed by atoms with van der Waals surface area (Å²) < 4.78 is 6.84. The van der Waals surface area contributed by atoms with Crippen LogP contribution >= 0.6 is 0 Å². The van der Waals surface area contributed by atoms with Gasteiger partial charge in [0.05, 0.1) is 23.0 Å². The number of aliphatic hydroxyl groups excluding tert-OH is 2. The van der Waals surface area contributed by atoms with E-state index >= 15 is 0 Å². The van der Waals surface area contributed by atoms with Crippen molar-refractivity contribution in [2.45, 2.75) is 24.9 Å². The van der Waals surface area contributed by atoms with Crippen LogP contribution in [-0.4, -0.2) is 43.5 Å². The zero-order valence-corrected chi connectivity index (χ0v) is 18.3. The molecule has 0 aliphatic carbocycles. The van der Waals surface area contributed by atoms with Gasteiger partial charge in [0, 0.05) is 35.1 Å². The Hall–Kier alpha value is -4.12. The Morgan fingerprint density at radius 3 is 2.43 bits per heavy atom. The highest BCUT2D eigenvalue weighted by atomic mass is 16.6. The van der Waals surface area contributed by atoms with Gasteiger partial charge in [-0.05, 0) is 40.4 Å². The van der Waals surface area contributed by atoms with Gasteiger partial charge in [0.1, 0.15) is 18.1 Å². The number of non-ortho nitro benzene ring substituents is 1. The highest BCUT2D eigenvalue weighted by Crippen LogP contribution is 2.41. The maximum Gasteiger partial charge on any atom is 0.351 e. The van der Waals surface area contributed by atoms with E-state index in [0.717, 1.165) is 26.9 Å². The summed E-state index contributed by atoms with van der Waals surface area (Å²) in [5.74, 6) is 0.324. The molecule has 10 nitrogen and oxygen atoms in total. The van der Waals surface area contributed by atoms with Crippen molar-refractivity contribution in [3.8, 4) is 0 Å². The van der Waals surface area contributed by atoms with Gasteiger partial charge in [0.25, 0.3) is 5.69 Å². The third-order valence-corrected chi connectivity index (χ3v) is 6.63. The molecule has 0 unspecified atom stereocenters. The third kappa shape index (κ3) is 3.38. The fourth-order valence-electron chi connectivity index (χ4n) is 4.94. The van der Waals surface area contributed by atoms with Crippen molar-refractivity contribution in [2.75, 3.05) is 11.9 Å². The Kier molecular flexibility index (Phi) is 4.88. The van der Waals surface area contributed by atoms with Crippen molar-refractivity contribution in [1.29, 1.82) is 0 Å². The van der Waals surface area contributed by atoms with Crippen molar-refractivity contribution in [1.82, 2.24) is 9.55 Å². The second-order valence-electron chi connectivity index (χ2n) is 8.62. The molecule has 3 N–H and O–H groups in total. The zero-order valence-electron chi connectivity index (χ0n) is 18.3. The van der Waals surface area contributed by atoms with Crippen LogP contribution in [0.4, 0.5) is 17.2 Å². The lowest BCUT2D eigenvalue weighted by Gasteiger charge is -2.16. The van der Waals surface area contributed by atoms with Gasteiger partial charge >= 0.3 is 5.69 Å². The number of nitro groups is 1. The molecule has 1 aromatic heterocycles. The Morgan fingerprint density at radius 2 is 1.74 bits per heavy atom. The normalized spacial score (nSPS) is 20.2. The molecule has 1 saturated heterocycles. The van der Waals surface area contributed by atoms with E-state index in [-0.39, 0.29) is 23.6 Å². The van der Waals surface area contributed by atoms with Gasteiger partial charge in [-0.1, -0.05) is 24.3 Å². The van der Waals surface area contributed by atoms with E-state index in [9.17, 15) is 25.1 Å². The minimum Gasteiger partial charge on any atom is -0.394 e. The van der Waals surface area contributed by atoms with E-state index in [4.69, 9.17) is 4.74 Å². The molecule has 3 atom stereocenters. The number of nitrogens with zero attached hydrogens (tertiary/aromatic N) is 3. The predicted molar refractivity (Wildman–Crippen MR) is 130 cm³/mol. The van der Waals surface area contributed by atoms with Gasteiger partial charge in [-0.15, -0.1) is 0 Å². The van der Waals surface area contributed by atoms with Crippen LogP contribution in [0.15, 0.2) is 65.6 Å². The molecule has 4 aromatic carbocycles. The van der Waals surface area contributed by atoms with Crippen LogP contribution in [0.5, 0.6) is 0 Å². The lowest BCUT2D eigenvalue weighted by molar-refractivity contribution is -0.383. The molecule has 35 heavy (non-hydrogen) atoms. The molecular weight excluding hydrogens is 452 g/mol. The zero-order chi connectivity index (χ0) is 24.3.